The van der Waals surface area contributed by atoms with E-state index in [-0.39, 0.29) is 12.5 Å². The molecule has 1 amide bonds. The molecule has 0 saturated carbocycles. The van der Waals surface area contributed by atoms with Crippen LogP contribution in [0.25, 0.3) is 6.08 Å². The van der Waals surface area contributed by atoms with Crippen molar-refractivity contribution in [2.45, 2.75) is 6.92 Å². The summed E-state index contributed by atoms with van der Waals surface area (Å²) in [5.74, 6) is -0.168. The summed E-state index contributed by atoms with van der Waals surface area (Å²) in [5.41, 5.74) is 2.65. The van der Waals surface area contributed by atoms with Crippen LogP contribution in [-0.2, 0) is 4.79 Å². The maximum atomic E-state index is 11.8. The van der Waals surface area contributed by atoms with E-state index in [1.807, 2.05) is 31.2 Å². The maximum Gasteiger partial charge on any atom is 0.243 e. The Morgan fingerprint density at radius 3 is 2.68 bits per heavy atom. The fraction of sp³-hybridized carbons (Fsp3) is 0.125. The number of hydrogen-bond acceptors (Lipinski definition) is 3. The first kappa shape index (κ1) is 16.3. The number of rotatable bonds is 5. The Labute approximate surface area is 139 Å². The van der Waals surface area contributed by atoms with Crippen LogP contribution in [0.4, 0.5) is 5.69 Å². The lowest BCUT2D eigenvalue weighted by Crippen LogP contribution is -2.25. The van der Waals surface area contributed by atoms with Crippen LogP contribution in [0.2, 0.25) is 10.0 Å². The van der Waals surface area contributed by atoms with E-state index in [0.717, 1.165) is 11.3 Å². The molecule has 0 fully saturated rings. The van der Waals surface area contributed by atoms with E-state index in [4.69, 9.17) is 23.2 Å². The first-order chi connectivity index (χ1) is 10.6. The van der Waals surface area contributed by atoms with E-state index >= 15 is 0 Å². The highest BCUT2D eigenvalue weighted by Gasteiger charge is 2.03. The molecule has 0 unspecified atom stereocenters. The largest absolute Gasteiger partial charge is 0.376 e. The van der Waals surface area contributed by atoms with Crippen LogP contribution in [-0.4, -0.2) is 17.4 Å². The molecule has 2 N–H and O–H groups in total. The van der Waals surface area contributed by atoms with E-state index in [1.165, 1.54) is 18.6 Å². The molecular weight excluding hydrogens is 321 g/mol. The summed E-state index contributed by atoms with van der Waals surface area (Å²) >= 11 is 12.0. The topological polar surface area (TPSA) is 54.0 Å². The second-order valence-electron chi connectivity index (χ2n) is 4.64. The van der Waals surface area contributed by atoms with Gasteiger partial charge < -0.3 is 10.6 Å². The zero-order chi connectivity index (χ0) is 15.9. The van der Waals surface area contributed by atoms with E-state index in [1.54, 1.807) is 6.08 Å². The number of aromatic nitrogens is 1. The zero-order valence-electron chi connectivity index (χ0n) is 11.9. The fourth-order valence-electron chi connectivity index (χ4n) is 1.79. The number of nitrogens with zero attached hydrogens (tertiary/aromatic N) is 1. The Balaban J connectivity index is 1.86. The van der Waals surface area contributed by atoms with Gasteiger partial charge in [0.15, 0.2) is 0 Å². The first-order valence-corrected chi connectivity index (χ1v) is 7.37. The molecule has 2 aromatic rings. The summed E-state index contributed by atoms with van der Waals surface area (Å²) in [6.45, 7) is 2.17. The number of pyridine rings is 1. The number of anilines is 1. The number of carbonyl (C=O) groups excluding carboxylic acids is 1. The van der Waals surface area contributed by atoms with Crippen LogP contribution in [0.5, 0.6) is 0 Å². The molecule has 6 heteroatoms. The summed E-state index contributed by atoms with van der Waals surface area (Å²) in [6, 6.07) is 7.81. The van der Waals surface area contributed by atoms with Gasteiger partial charge in [-0.25, -0.2) is 0 Å². The van der Waals surface area contributed by atoms with Gasteiger partial charge in [-0.1, -0.05) is 35.3 Å². The molecule has 0 bridgehead atoms. The lowest BCUT2D eigenvalue weighted by atomic mass is 10.2. The van der Waals surface area contributed by atoms with Gasteiger partial charge in [-0.15, -0.1) is 0 Å². The van der Waals surface area contributed by atoms with Crippen molar-refractivity contribution in [3.8, 4) is 0 Å². The zero-order valence-corrected chi connectivity index (χ0v) is 13.4. The SMILES string of the molecule is Cc1cccc(NCC(=O)N/C=C/c2c(Cl)cncc2Cl)c1. The van der Waals surface area contributed by atoms with Crippen molar-refractivity contribution in [1.29, 1.82) is 0 Å². The molecule has 0 aliphatic carbocycles. The van der Waals surface area contributed by atoms with Crippen molar-refractivity contribution >= 4 is 40.9 Å². The van der Waals surface area contributed by atoms with Crippen molar-refractivity contribution in [2.75, 3.05) is 11.9 Å². The summed E-state index contributed by atoms with van der Waals surface area (Å²) in [5, 5.41) is 6.55. The van der Waals surface area contributed by atoms with E-state index in [9.17, 15) is 4.79 Å². The minimum absolute atomic E-state index is 0.168. The normalized spacial score (nSPS) is 10.7. The Hall–Kier alpha value is -2.04. The molecule has 1 aromatic heterocycles. The quantitative estimate of drug-likeness (QED) is 0.871. The highest BCUT2D eigenvalue weighted by molar-refractivity contribution is 6.36. The molecule has 0 saturated heterocycles. The van der Waals surface area contributed by atoms with Crippen LogP contribution in [0.3, 0.4) is 0 Å². The Kier molecular flexibility index (Phi) is 5.81. The van der Waals surface area contributed by atoms with Gasteiger partial charge in [-0.05, 0) is 30.7 Å². The average molecular weight is 336 g/mol. The molecule has 114 valence electrons. The molecule has 0 aliphatic rings. The number of benzene rings is 1. The van der Waals surface area contributed by atoms with Crippen LogP contribution in [0.1, 0.15) is 11.1 Å². The fourth-order valence-corrected chi connectivity index (χ4v) is 2.28. The van der Waals surface area contributed by atoms with Gasteiger partial charge in [0.1, 0.15) is 0 Å². The monoisotopic (exact) mass is 335 g/mol. The number of halogens is 2. The van der Waals surface area contributed by atoms with Gasteiger partial charge in [-0.3, -0.25) is 9.78 Å². The maximum absolute atomic E-state index is 11.8. The lowest BCUT2D eigenvalue weighted by Gasteiger charge is -2.06. The second kappa shape index (κ2) is 7.82. The van der Waals surface area contributed by atoms with Crippen molar-refractivity contribution in [2.24, 2.45) is 0 Å². The third-order valence-corrected chi connectivity index (χ3v) is 3.46. The average Bonchev–Trinajstić information content (AvgIpc) is 2.48. The van der Waals surface area contributed by atoms with Crippen molar-refractivity contribution in [1.82, 2.24) is 10.3 Å². The van der Waals surface area contributed by atoms with Crippen molar-refractivity contribution < 1.29 is 4.79 Å². The molecule has 0 atom stereocenters. The highest BCUT2D eigenvalue weighted by atomic mass is 35.5. The van der Waals surface area contributed by atoms with Gasteiger partial charge in [-0.2, -0.15) is 0 Å². The number of hydrogen-bond donors (Lipinski definition) is 2. The van der Waals surface area contributed by atoms with Gasteiger partial charge in [0.05, 0.1) is 16.6 Å². The Morgan fingerprint density at radius 1 is 1.27 bits per heavy atom. The molecule has 0 spiro atoms. The van der Waals surface area contributed by atoms with Gasteiger partial charge in [0.2, 0.25) is 5.91 Å². The second-order valence-corrected chi connectivity index (χ2v) is 5.46. The number of amides is 1. The smallest absolute Gasteiger partial charge is 0.243 e. The predicted molar refractivity (Wildman–Crippen MR) is 91.1 cm³/mol. The van der Waals surface area contributed by atoms with Gasteiger partial charge >= 0.3 is 0 Å². The molecule has 4 nitrogen and oxygen atoms in total. The highest BCUT2D eigenvalue weighted by Crippen LogP contribution is 2.23. The summed E-state index contributed by atoms with van der Waals surface area (Å²) < 4.78 is 0. The summed E-state index contributed by atoms with van der Waals surface area (Å²) in [7, 11) is 0. The van der Waals surface area contributed by atoms with Gasteiger partial charge in [0, 0.05) is 29.8 Å². The number of nitrogens with one attached hydrogen (secondary N) is 2. The molecule has 1 aromatic carbocycles. The van der Waals surface area contributed by atoms with Crippen molar-refractivity contribution in [3.05, 3.63) is 64.0 Å². The van der Waals surface area contributed by atoms with Crippen LogP contribution in [0.15, 0.2) is 42.9 Å². The third-order valence-electron chi connectivity index (χ3n) is 2.86. The molecule has 0 aliphatic heterocycles. The third kappa shape index (κ3) is 4.76. The number of carbonyl (C=O) groups is 1. The molecule has 0 radical (unpaired) electrons. The van der Waals surface area contributed by atoms with Crippen molar-refractivity contribution in [3.63, 3.8) is 0 Å². The molecule has 22 heavy (non-hydrogen) atoms. The standard InChI is InChI=1S/C16H15Cl2N3O/c1-11-3-2-4-12(7-11)21-10-16(22)20-6-5-13-14(17)8-19-9-15(13)18/h2-9,21H,10H2,1H3,(H,20,22)/b6-5+. The Morgan fingerprint density at radius 2 is 2.00 bits per heavy atom. The van der Waals surface area contributed by atoms with Crippen LogP contribution in [0, 0.1) is 6.92 Å². The van der Waals surface area contributed by atoms with Crippen LogP contribution < -0.4 is 10.6 Å². The minimum atomic E-state index is -0.168. The van der Waals surface area contributed by atoms with E-state index < -0.39 is 0 Å². The first-order valence-electron chi connectivity index (χ1n) is 6.61. The summed E-state index contributed by atoms with van der Waals surface area (Å²) in [4.78, 5) is 15.6. The number of aryl methyl sites for hydroxylation is 1. The lowest BCUT2D eigenvalue weighted by molar-refractivity contribution is -0.118. The minimum Gasteiger partial charge on any atom is -0.376 e. The van der Waals surface area contributed by atoms with Gasteiger partial charge in [0.25, 0.3) is 0 Å². The van der Waals surface area contributed by atoms with Crippen LogP contribution >= 0.6 is 23.2 Å². The Bertz CT molecular complexity index is 681. The summed E-state index contributed by atoms with van der Waals surface area (Å²) in [6.07, 6.45) is 6.13. The van der Waals surface area contributed by atoms with E-state index in [0.29, 0.717) is 15.6 Å². The molecule has 1 heterocycles. The molecular formula is C16H15Cl2N3O. The predicted octanol–water partition coefficient (Wildman–Crippen LogP) is 3.90. The van der Waals surface area contributed by atoms with E-state index in [2.05, 4.69) is 15.6 Å². The molecule has 2 rings (SSSR count).